The zero-order chi connectivity index (χ0) is 17.1. The van der Waals surface area contributed by atoms with E-state index in [4.69, 9.17) is 0 Å². The molecule has 3 aliphatic heterocycles. The zero-order valence-electron chi connectivity index (χ0n) is 14.2. The van der Waals surface area contributed by atoms with Crippen LogP contribution in [0.5, 0.6) is 0 Å². The Kier molecular flexibility index (Phi) is 5.17. The van der Waals surface area contributed by atoms with Crippen molar-refractivity contribution < 1.29 is 14.0 Å². The molecule has 2 amide bonds. The van der Waals surface area contributed by atoms with Crippen molar-refractivity contribution in [2.45, 2.75) is 45.1 Å². The first kappa shape index (κ1) is 16.9. The van der Waals surface area contributed by atoms with E-state index < -0.39 is 0 Å². The van der Waals surface area contributed by atoms with Crippen LogP contribution >= 0.6 is 0 Å². The lowest BCUT2D eigenvalue weighted by Gasteiger charge is -2.35. The summed E-state index contributed by atoms with van der Waals surface area (Å²) in [5.41, 5.74) is 0.838. The van der Waals surface area contributed by atoms with Crippen LogP contribution < -0.4 is 0 Å². The van der Waals surface area contributed by atoms with Gasteiger partial charge in [-0.1, -0.05) is 19.1 Å². The van der Waals surface area contributed by atoms with E-state index in [1.54, 1.807) is 6.07 Å². The van der Waals surface area contributed by atoms with Gasteiger partial charge in [0.15, 0.2) is 0 Å². The van der Waals surface area contributed by atoms with Crippen LogP contribution in [0.1, 0.15) is 38.2 Å². The average molecular weight is 332 g/mol. The fourth-order valence-corrected chi connectivity index (χ4v) is 3.88. The molecule has 1 aromatic carbocycles. The molecule has 4 nitrogen and oxygen atoms in total. The van der Waals surface area contributed by atoms with Crippen molar-refractivity contribution >= 4 is 11.8 Å². The molecule has 0 aliphatic carbocycles. The van der Waals surface area contributed by atoms with E-state index in [1.807, 2.05) is 15.9 Å². The molecule has 0 N–H and O–H groups in total. The van der Waals surface area contributed by atoms with Crippen molar-refractivity contribution in [2.24, 2.45) is 5.92 Å². The molecule has 5 heteroatoms. The maximum Gasteiger partial charge on any atom is 0.227 e. The number of fused-ring (bicyclic) bond motifs is 4. The number of carbonyl (C=O) groups excluding carboxylic acids is 2. The molecule has 0 radical (unpaired) electrons. The Bertz CT molecular complexity index is 619. The first-order chi connectivity index (χ1) is 11.6. The number of nitrogens with zero attached hydrogens (tertiary/aromatic N) is 2. The molecule has 0 saturated carbocycles. The highest BCUT2D eigenvalue weighted by atomic mass is 19.1. The molecule has 3 saturated heterocycles. The summed E-state index contributed by atoms with van der Waals surface area (Å²) >= 11 is 0. The van der Waals surface area contributed by atoms with Crippen molar-refractivity contribution in [2.75, 3.05) is 19.6 Å². The van der Waals surface area contributed by atoms with Crippen molar-refractivity contribution in [1.82, 2.24) is 9.80 Å². The van der Waals surface area contributed by atoms with Crippen LogP contribution in [0.4, 0.5) is 4.39 Å². The summed E-state index contributed by atoms with van der Waals surface area (Å²) in [6.45, 7) is 4.04. The predicted molar refractivity (Wildman–Crippen MR) is 89.8 cm³/mol. The minimum absolute atomic E-state index is 0.0478. The van der Waals surface area contributed by atoms with Gasteiger partial charge in [0.05, 0.1) is 5.92 Å². The van der Waals surface area contributed by atoms with E-state index >= 15 is 0 Å². The molecule has 0 unspecified atom stereocenters. The quantitative estimate of drug-likeness (QED) is 0.832. The van der Waals surface area contributed by atoms with E-state index in [2.05, 4.69) is 6.92 Å². The lowest BCUT2D eigenvalue weighted by molar-refractivity contribution is -0.139. The molecule has 24 heavy (non-hydrogen) atoms. The van der Waals surface area contributed by atoms with Crippen molar-refractivity contribution in [3.63, 3.8) is 0 Å². The van der Waals surface area contributed by atoms with E-state index in [-0.39, 0.29) is 29.6 Å². The minimum atomic E-state index is -0.270. The number of halogens is 1. The van der Waals surface area contributed by atoms with Crippen LogP contribution in [-0.2, 0) is 16.0 Å². The molecule has 3 aliphatic rings. The predicted octanol–water partition coefficient (Wildman–Crippen LogP) is 2.62. The highest BCUT2D eigenvalue weighted by Crippen LogP contribution is 2.29. The average Bonchev–Trinajstić information content (AvgIpc) is 2.86. The topological polar surface area (TPSA) is 40.6 Å². The van der Waals surface area contributed by atoms with E-state index in [0.717, 1.165) is 31.4 Å². The van der Waals surface area contributed by atoms with Gasteiger partial charge in [0, 0.05) is 32.1 Å². The standard InChI is InChI=1S/C19H25FN2O2/c1-2-10-22-17-8-7-15(19(22)24)12-21(13-17)18(23)9-6-14-4-3-5-16(20)11-14/h3-5,11,15,17H,2,6-10,12-13H2,1H3/t15-,17+/m1/s1. The summed E-state index contributed by atoms with van der Waals surface area (Å²) in [7, 11) is 0. The third kappa shape index (κ3) is 3.60. The van der Waals surface area contributed by atoms with Gasteiger partial charge in [-0.2, -0.15) is 0 Å². The van der Waals surface area contributed by atoms with Crippen LogP contribution in [0.15, 0.2) is 24.3 Å². The van der Waals surface area contributed by atoms with E-state index in [0.29, 0.717) is 25.9 Å². The fraction of sp³-hybridized carbons (Fsp3) is 0.579. The molecule has 1 aromatic rings. The Balaban J connectivity index is 1.62. The Labute approximate surface area is 142 Å². The zero-order valence-corrected chi connectivity index (χ0v) is 14.2. The summed E-state index contributed by atoms with van der Waals surface area (Å²) in [6.07, 6.45) is 3.73. The molecule has 2 bridgehead atoms. The normalized spacial score (nSPS) is 23.5. The lowest BCUT2D eigenvalue weighted by atomic mass is 9.94. The summed E-state index contributed by atoms with van der Waals surface area (Å²) in [4.78, 5) is 29.0. The third-order valence-corrected chi connectivity index (χ3v) is 5.13. The van der Waals surface area contributed by atoms with Gasteiger partial charge < -0.3 is 9.80 Å². The maximum absolute atomic E-state index is 13.2. The summed E-state index contributed by atoms with van der Waals surface area (Å²) < 4.78 is 13.2. The van der Waals surface area contributed by atoms with Gasteiger partial charge in [-0.15, -0.1) is 0 Å². The van der Waals surface area contributed by atoms with Crippen LogP contribution in [0, 0.1) is 11.7 Å². The number of aryl methyl sites for hydroxylation is 1. The lowest BCUT2D eigenvalue weighted by Crippen LogP contribution is -2.48. The van der Waals surface area contributed by atoms with Gasteiger partial charge in [0.1, 0.15) is 5.82 Å². The summed E-state index contributed by atoms with van der Waals surface area (Å²) in [5.74, 6) is -0.0298. The minimum Gasteiger partial charge on any atom is -0.340 e. The SMILES string of the molecule is CCCN1C(=O)[C@@H]2CC[C@H]1CN(C(=O)CCc1cccc(F)c1)C2. The number of carbonyl (C=O) groups is 2. The Morgan fingerprint density at radius 1 is 1.29 bits per heavy atom. The smallest absolute Gasteiger partial charge is 0.227 e. The monoisotopic (exact) mass is 332 g/mol. The Hall–Kier alpha value is -1.91. The second-order valence-corrected chi connectivity index (χ2v) is 6.89. The van der Waals surface area contributed by atoms with E-state index in [1.165, 1.54) is 12.1 Å². The van der Waals surface area contributed by atoms with Gasteiger partial charge >= 0.3 is 0 Å². The second kappa shape index (κ2) is 7.32. The molecule has 3 heterocycles. The summed E-state index contributed by atoms with van der Waals surface area (Å²) in [6, 6.07) is 6.56. The molecular weight excluding hydrogens is 307 g/mol. The maximum atomic E-state index is 13.2. The number of rotatable bonds is 5. The summed E-state index contributed by atoms with van der Waals surface area (Å²) in [5, 5.41) is 0. The van der Waals surface area contributed by atoms with Crippen LogP contribution in [0.25, 0.3) is 0 Å². The molecular formula is C19H25FN2O2. The Morgan fingerprint density at radius 3 is 2.88 bits per heavy atom. The third-order valence-electron chi connectivity index (χ3n) is 5.13. The first-order valence-electron chi connectivity index (χ1n) is 8.91. The van der Waals surface area contributed by atoms with Crippen molar-refractivity contribution in [3.05, 3.63) is 35.6 Å². The molecule has 2 atom stereocenters. The molecule has 3 fully saturated rings. The highest BCUT2D eigenvalue weighted by molar-refractivity contribution is 5.83. The molecule has 0 spiro atoms. The van der Waals surface area contributed by atoms with Crippen LogP contribution in [0.3, 0.4) is 0 Å². The van der Waals surface area contributed by atoms with Gasteiger partial charge in [-0.05, 0) is 43.4 Å². The molecule has 130 valence electrons. The van der Waals surface area contributed by atoms with Gasteiger partial charge in [-0.3, -0.25) is 9.59 Å². The second-order valence-electron chi connectivity index (χ2n) is 6.89. The fourth-order valence-electron chi connectivity index (χ4n) is 3.88. The van der Waals surface area contributed by atoms with Crippen LogP contribution in [0.2, 0.25) is 0 Å². The van der Waals surface area contributed by atoms with Gasteiger partial charge in [0.2, 0.25) is 11.8 Å². The largest absolute Gasteiger partial charge is 0.340 e. The molecule has 4 rings (SSSR count). The number of hydrogen-bond acceptors (Lipinski definition) is 2. The van der Waals surface area contributed by atoms with Crippen LogP contribution in [-0.4, -0.2) is 47.3 Å². The highest BCUT2D eigenvalue weighted by Gasteiger charge is 2.41. The first-order valence-corrected chi connectivity index (χ1v) is 8.91. The van der Waals surface area contributed by atoms with E-state index in [9.17, 15) is 14.0 Å². The number of hydrogen-bond donors (Lipinski definition) is 0. The number of piperidine rings is 1. The molecule has 0 aromatic heterocycles. The van der Waals surface area contributed by atoms with Gasteiger partial charge in [-0.25, -0.2) is 4.39 Å². The van der Waals surface area contributed by atoms with Gasteiger partial charge in [0.25, 0.3) is 0 Å². The van der Waals surface area contributed by atoms with Crippen molar-refractivity contribution in [3.8, 4) is 0 Å². The Morgan fingerprint density at radius 2 is 2.12 bits per heavy atom. The number of benzene rings is 1. The number of amides is 2. The van der Waals surface area contributed by atoms with Crippen molar-refractivity contribution in [1.29, 1.82) is 0 Å².